The van der Waals surface area contributed by atoms with Gasteiger partial charge in [-0.05, 0) is 18.6 Å². The largest absolute Gasteiger partial charge is 0.496 e. The van der Waals surface area contributed by atoms with E-state index in [9.17, 15) is 0 Å². The molecule has 3 nitrogen and oxygen atoms in total. The second-order valence-electron chi connectivity index (χ2n) is 2.68. The van der Waals surface area contributed by atoms with Gasteiger partial charge in [-0.1, -0.05) is 13.8 Å². The molecule has 1 heterocycles. The monoisotopic (exact) mass is 196 g/mol. The Morgan fingerprint density at radius 3 is 2.29 bits per heavy atom. The van der Waals surface area contributed by atoms with Crippen molar-refractivity contribution >= 4 is 0 Å². The number of methoxy groups -OCH3 is 1. The zero-order chi connectivity index (χ0) is 10.6. The molecule has 0 spiro atoms. The molecule has 2 rings (SSSR count). The first kappa shape index (κ1) is 10.7. The van der Waals surface area contributed by atoms with E-state index in [1.807, 2.05) is 32.9 Å². The summed E-state index contributed by atoms with van der Waals surface area (Å²) in [4.78, 5) is 0. The van der Waals surface area contributed by atoms with E-state index >= 15 is 0 Å². The minimum absolute atomic E-state index is 0.307. The Kier molecular flexibility index (Phi) is 3.63. The molecule has 0 atom stereocenters. The fourth-order valence-corrected chi connectivity index (χ4v) is 1.24. The molecular weight excluding hydrogens is 180 g/mol. The average Bonchev–Trinajstić information content (AvgIpc) is 2.66. The lowest BCUT2D eigenvalue weighted by Gasteiger charge is -2.04. The molecule has 0 unspecified atom stereocenters. The molecule has 78 valence electrons. The van der Waals surface area contributed by atoms with Crippen LogP contribution in [0.4, 0.5) is 0 Å². The third-order valence-corrected chi connectivity index (χ3v) is 1.89. The second kappa shape index (κ2) is 4.74. The van der Waals surface area contributed by atoms with Gasteiger partial charge in [-0.25, -0.2) is 0 Å². The van der Waals surface area contributed by atoms with Crippen LogP contribution in [0.3, 0.4) is 0 Å². The molecule has 0 radical (unpaired) electrons. The first-order chi connectivity index (χ1) is 6.81. The maximum atomic E-state index is 5.20. The van der Waals surface area contributed by atoms with E-state index in [-0.39, 0.29) is 0 Å². The maximum Gasteiger partial charge on any atom is 0.231 e. The van der Waals surface area contributed by atoms with Crippen molar-refractivity contribution < 1.29 is 14.2 Å². The Hall–Kier alpha value is -1.38. The predicted molar refractivity (Wildman–Crippen MR) is 55.2 cm³/mol. The van der Waals surface area contributed by atoms with Gasteiger partial charge in [0.15, 0.2) is 11.5 Å². The topological polar surface area (TPSA) is 27.7 Å². The molecular formula is C11H16O3. The van der Waals surface area contributed by atoms with Gasteiger partial charge in [0.25, 0.3) is 0 Å². The molecule has 1 aromatic rings. The van der Waals surface area contributed by atoms with Crippen LogP contribution in [0.1, 0.15) is 19.4 Å². The van der Waals surface area contributed by atoms with E-state index in [2.05, 4.69) is 0 Å². The van der Waals surface area contributed by atoms with E-state index < -0.39 is 0 Å². The molecule has 0 aromatic heterocycles. The third kappa shape index (κ3) is 1.92. The van der Waals surface area contributed by atoms with Crippen LogP contribution in [-0.4, -0.2) is 13.9 Å². The lowest BCUT2D eigenvalue weighted by Crippen LogP contribution is -1.92. The minimum atomic E-state index is 0.307. The highest BCUT2D eigenvalue weighted by molar-refractivity contribution is 5.51. The normalized spacial score (nSPS) is 11.7. The van der Waals surface area contributed by atoms with Crippen molar-refractivity contribution in [1.82, 2.24) is 0 Å². The summed E-state index contributed by atoms with van der Waals surface area (Å²) < 4.78 is 15.5. The first-order valence-corrected chi connectivity index (χ1v) is 4.75. The number of aryl methyl sites for hydroxylation is 1. The van der Waals surface area contributed by atoms with Crippen LogP contribution in [0.15, 0.2) is 12.1 Å². The van der Waals surface area contributed by atoms with Crippen LogP contribution in [0.25, 0.3) is 0 Å². The van der Waals surface area contributed by atoms with Crippen molar-refractivity contribution in [2.45, 2.75) is 20.8 Å². The minimum Gasteiger partial charge on any atom is -0.496 e. The van der Waals surface area contributed by atoms with Crippen molar-refractivity contribution in [3.05, 3.63) is 17.7 Å². The third-order valence-electron chi connectivity index (χ3n) is 1.89. The fourth-order valence-electron chi connectivity index (χ4n) is 1.24. The van der Waals surface area contributed by atoms with Crippen LogP contribution >= 0.6 is 0 Å². The summed E-state index contributed by atoms with van der Waals surface area (Å²) in [6.07, 6.45) is 0. The van der Waals surface area contributed by atoms with E-state index in [1.165, 1.54) is 0 Å². The Morgan fingerprint density at radius 1 is 1.14 bits per heavy atom. The average molecular weight is 196 g/mol. The van der Waals surface area contributed by atoms with Gasteiger partial charge in [0, 0.05) is 6.07 Å². The first-order valence-electron chi connectivity index (χ1n) is 4.75. The SMILES string of the molecule is CC.COc1cc2c(cc1C)OCO2. The van der Waals surface area contributed by atoms with Gasteiger partial charge in [-0.15, -0.1) is 0 Å². The number of hydrogen-bond acceptors (Lipinski definition) is 3. The van der Waals surface area contributed by atoms with Crippen molar-refractivity contribution in [1.29, 1.82) is 0 Å². The van der Waals surface area contributed by atoms with Crippen LogP contribution in [0.2, 0.25) is 0 Å². The molecule has 3 heteroatoms. The molecule has 0 amide bonds. The van der Waals surface area contributed by atoms with Crippen molar-refractivity contribution in [3.63, 3.8) is 0 Å². The van der Waals surface area contributed by atoms with Crippen LogP contribution in [0, 0.1) is 6.92 Å². The second-order valence-corrected chi connectivity index (χ2v) is 2.68. The standard InChI is InChI=1S/C9H10O3.C2H6/c1-6-3-8-9(12-5-11-8)4-7(6)10-2;1-2/h3-4H,5H2,1-2H3;1-2H3. The van der Waals surface area contributed by atoms with Crippen LogP contribution < -0.4 is 14.2 Å². The smallest absolute Gasteiger partial charge is 0.231 e. The molecule has 0 saturated carbocycles. The van der Waals surface area contributed by atoms with Gasteiger partial charge < -0.3 is 14.2 Å². The Morgan fingerprint density at radius 2 is 1.71 bits per heavy atom. The van der Waals surface area contributed by atoms with Crippen molar-refractivity contribution in [2.24, 2.45) is 0 Å². The van der Waals surface area contributed by atoms with E-state index in [4.69, 9.17) is 14.2 Å². The van der Waals surface area contributed by atoms with Gasteiger partial charge in [0.1, 0.15) is 5.75 Å². The highest BCUT2D eigenvalue weighted by Crippen LogP contribution is 2.37. The Labute approximate surface area is 84.6 Å². The van der Waals surface area contributed by atoms with Crippen molar-refractivity contribution in [3.8, 4) is 17.2 Å². The molecule has 0 saturated heterocycles. The molecule has 0 fully saturated rings. The summed E-state index contributed by atoms with van der Waals surface area (Å²) in [6.45, 7) is 6.28. The summed E-state index contributed by atoms with van der Waals surface area (Å²) in [5.74, 6) is 2.39. The lowest BCUT2D eigenvalue weighted by molar-refractivity contribution is 0.174. The molecule has 0 N–H and O–H groups in total. The summed E-state index contributed by atoms with van der Waals surface area (Å²) >= 11 is 0. The number of rotatable bonds is 1. The quantitative estimate of drug-likeness (QED) is 0.691. The lowest BCUT2D eigenvalue weighted by atomic mass is 10.2. The number of hydrogen-bond donors (Lipinski definition) is 0. The fraction of sp³-hybridized carbons (Fsp3) is 0.455. The number of ether oxygens (including phenoxy) is 3. The Balaban J connectivity index is 0.000000461. The van der Waals surface area contributed by atoms with Gasteiger partial charge >= 0.3 is 0 Å². The Bertz CT molecular complexity index is 307. The van der Waals surface area contributed by atoms with E-state index in [0.29, 0.717) is 6.79 Å². The van der Waals surface area contributed by atoms with Crippen LogP contribution in [-0.2, 0) is 0 Å². The predicted octanol–water partition coefficient (Wildman–Crippen LogP) is 2.76. The van der Waals surface area contributed by atoms with Gasteiger partial charge in [-0.2, -0.15) is 0 Å². The van der Waals surface area contributed by atoms with E-state index in [0.717, 1.165) is 22.8 Å². The van der Waals surface area contributed by atoms with E-state index in [1.54, 1.807) is 7.11 Å². The summed E-state index contributed by atoms with van der Waals surface area (Å²) in [7, 11) is 1.64. The zero-order valence-electron chi connectivity index (χ0n) is 9.09. The highest BCUT2D eigenvalue weighted by Gasteiger charge is 2.15. The summed E-state index contributed by atoms with van der Waals surface area (Å²) in [5, 5.41) is 0. The summed E-state index contributed by atoms with van der Waals surface area (Å²) in [6, 6.07) is 3.76. The molecule has 1 aromatic carbocycles. The van der Waals surface area contributed by atoms with Gasteiger partial charge in [0.2, 0.25) is 6.79 Å². The van der Waals surface area contributed by atoms with Crippen molar-refractivity contribution in [2.75, 3.05) is 13.9 Å². The molecule has 0 aliphatic carbocycles. The summed E-state index contributed by atoms with van der Waals surface area (Å²) in [5.41, 5.74) is 1.06. The zero-order valence-corrected chi connectivity index (χ0v) is 9.09. The highest BCUT2D eigenvalue weighted by atomic mass is 16.7. The van der Waals surface area contributed by atoms with Gasteiger partial charge in [-0.3, -0.25) is 0 Å². The number of benzene rings is 1. The molecule has 1 aliphatic heterocycles. The maximum absolute atomic E-state index is 5.20. The molecule has 14 heavy (non-hydrogen) atoms. The number of fused-ring (bicyclic) bond motifs is 1. The van der Waals surface area contributed by atoms with Gasteiger partial charge in [0.05, 0.1) is 7.11 Å². The molecule has 1 aliphatic rings. The van der Waals surface area contributed by atoms with Crippen LogP contribution in [0.5, 0.6) is 17.2 Å². The molecule has 0 bridgehead atoms.